The number of nitrogens with one attached hydrogen (secondary N) is 3. The minimum Gasteiger partial charge on any atom is -0.495 e. The third-order valence-electron chi connectivity index (χ3n) is 4.00. The number of carbonyl (C=O) groups excluding carboxylic acids is 1. The van der Waals surface area contributed by atoms with Gasteiger partial charge in [0.05, 0.1) is 18.4 Å². The van der Waals surface area contributed by atoms with Crippen molar-refractivity contribution in [3.8, 4) is 5.75 Å². The van der Waals surface area contributed by atoms with Crippen molar-refractivity contribution in [2.45, 2.75) is 26.2 Å². The zero-order chi connectivity index (χ0) is 21.4. The van der Waals surface area contributed by atoms with Gasteiger partial charge in [0, 0.05) is 27.1 Å². The first-order chi connectivity index (χ1) is 13.7. The van der Waals surface area contributed by atoms with Gasteiger partial charge in [-0.1, -0.05) is 18.2 Å². The molecular formula is C20H24F3IN4O2. The average molecular weight is 536 g/mol. The van der Waals surface area contributed by atoms with E-state index >= 15 is 0 Å². The highest BCUT2D eigenvalue weighted by Gasteiger charge is 2.29. The Balaban J connectivity index is 0.00000450. The zero-order valence-corrected chi connectivity index (χ0v) is 19.1. The molecule has 6 nitrogen and oxygen atoms in total. The summed E-state index contributed by atoms with van der Waals surface area (Å²) in [5, 5.41) is 8.87. The molecule has 164 valence electrons. The van der Waals surface area contributed by atoms with Crippen LogP contribution in [-0.2, 0) is 24.1 Å². The Morgan fingerprint density at radius 2 is 1.60 bits per heavy atom. The molecule has 0 aliphatic heterocycles. The van der Waals surface area contributed by atoms with Crippen LogP contribution in [0.1, 0.15) is 23.6 Å². The van der Waals surface area contributed by atoms with Crippen molar-refractivity contribution in [3.63, 3.8) is 0 Å². The summed E-state index contributed by atoms with van der Waals surface area (Å²) in [6.45, 7) is 2.15. The van der Waals surface area contributed by atoms with Gasteiger partial charge in [-0.05, 0) is 35.4 Å². The molecule has 0 aliphatic carbocycles. The molecule has 3 N–H and O–H groups in total. The molecular weight excluding hydrogens is 512 g/mol. The first-order valence-corrected chi connectivity index (χ1v) is 8.78. The van der Waals surface area contributed by atoms with Crippen LogP contribution in [-0.4, -0.2) is 26.0 Å². The van der Waals surface area contributed by atoms with E-state index in [-0.39, 0.29) is 29.9 Å². The highest BCUT2D eigenvalue weighted by molar-refractivity contribution is 14.0. The van der Waals surface area contributed by atoms with Crippen molar-refractivity contribution in [2.75, 3.05) is 19.5 Å². The molecule has 0 unspecified atom stereocenters. The summed E-state index contributed by atoms with van der Waals surface area (Å²) in [5.41, 5.74) is 1.45. The Hall–Kier alpha value is -2.50. The predicted octanol–water partition coefficient (Wildman–Crippen LogP) is 4.16. The van der Waals surface area contributed by atoms with Gasteiger partial charge in [0.25, 0.3) is 0 Å². The molecule has 1 amide bonds. The number of rotatable bonds is 6. The number of hydrogen-bond acceptors (Lipinski definition) is 3. The first kappa shape index (κ1) is 25.5. The molecule has 0 bridgehead atoms. The van der Waals surface area contributed by atoms with E-state index in [0.29, 0.717) is 36.0 Å². The van der Waals surface area contributed by atoms with E-state index in [1.54, 1.807) is 19.2 Å². The highest BCUT2D eigenvalue weighted by atomic mass is 127. The van der Waals surface area contributed by atoms with Gasteiger partial charge in [-0.25, -0.2) is 0 Å². The van der Waals surface area contributed by atoms with E-state index in [1.165, 1.54) is 26.2 Å². The van der Waals surface area contributed by atoms with E-state index in [1.807, 2.05) is 6.07 Å². The SMILES string of the molecule is CN=C(NCc1ccc(C(F)(F)F)cc1)NCc1ccc(OC)c(NC(C)=O)c1.I. The number of methoxy groups -OCH3 is 1. The predicted molar refractivity (Wildman–Crippen MR) is 121 cm³/mol. The molecule has 0 saturated heterocycles. The smallest absolute Gasteiger partial charge is 0.416 e. The van der Waals surface area contributed by atoms with Crippen LogP contribution in [0.2, 0.25) is 0 Å². The molecule has 0 atom stereocenters. The molecule has 0 spiro atoms. The Kier molecular flexibility index (Phi) is 9.90. The fraction of sp³-hybridized carbons (Fsp3) is 0.300. The third kappa shape index (κ3) is 7.73. The summed E-state index contributed by atoms with van der Waals surface area (Å²) in [4.78, 5) is 15.4. The molecule has 2 aromatic carbocycles. The standard InChI is InChI=1S/C20H23F3N4O2.HI/c1-13(28)27-17-10-15(6-9-18(17)29-3)12-26-19(24-2)25-11-14-4-7-16(8-5-14)20(21,22)23;/h4-10H,11-12H2,1-3H3,(H,27,28)(H2,24,25,26);1H. The van der Waals surface area contributed by atoms with E-state index < -0.39 is 11.7 Å². The van der Waals surface area contributed by atoms with Gasteiger partial charge in [0.2, 0.25) is 5.91 Å². The van der Waals surface area contributed by atoms with Crippen molar-refractivity contribution in [2.24, 2.45) is 4.99 Å². The van der Waals surface area contributed by atoms with Gasteiger partial charge in [0.15, 0.2) is 5.96 Å². The quantitative estimate of drug-likeness (QED) is 0.295. The second-order valence-corrected chi connectivity index (χ2v) is 6.19. The largest absolute Gasteiger partial charge is 0.495 e. The van der Waals surface area contributed by atoms with Crippen LogP contribution in [0.15, 0.2) is 47.5 Å². The normalized spacial score (nSPS) is 11.3. The molecule has 0 aromatic heterocycles. The van der Waals surface area contributed by atoms with Crippen molar-refractivity contribution in [3.05, 3.63) is 59.2 Å². The number of amides is 1. The number of benzene rings is 2. The molecule has 0 fully saturated rings. The summed E-state index contributed by atoms with van der Waals surface area (Å²) >= 11 is 0. The van der Waals surface area contributed by atoms with E-state index in [4.69, 9.17) is 4.74 Å². The second kappa shape index (κ2) is 11.6. The Bertz CT molecular complexity index is 871. The second-order valence-electron chi connectivity index (χ2n) is 6.19. The Morgan fingerprint density at radius 3 is 2.10 bits per heavy atom. The van der Waals surface area contributed by atoms with Crippen LogP contribution in [0.5, 0.6) is 5.75 Å². The summed E-state index contributed by atoms with van der Waals surface area (Å²) < 4.78 is 43.1. The van der Waals surface area contributed by atoms with Crippen molar-refractivity contribution in [1.29, 1.82) is 0 Å². The third-order valence-corrected chi connectivity index (χ3v) is 4.00. The number of alkyl halides is 3. The molecule has 10 heteroatoms. The number of guanidine groups is 1. The number of nitrogens with zero attached hydrogens (tertiary/aromatic N) is 1. The summed E-state index contributed by atoms with van der Waals surface area (Å²) in [5.74, 6) is 0.831. The van der Waals surface area contributed by atoms with Crippen LogP contribution in [0.3, 0.4) is 0 Å². The maximum absolute atomic E-state index is 12.6. The summed E-state index contributed by atoms with van der Waals surface area (Å²) in [7, 11) is 3.12. The fourth-order valence-electron chi connectivity index (χ4n) is 2.56. The van der Waals surface area contributed by atoms with Gasteiger partial charge in [0.1, 0.15) is 5.75 Å². The number of anilines is 1. The van der Waals surface area contributed by atoms with Gasteiger partial charge >= 0.3 is 6.18 Å². The summed E-state index contributed by atoms with van der Waals surface area (Å²) in [6.07, 6.45) is -4.35. The molecule has 0 aliphatic rings. The molecule has 0 heterocycles. The number of aliphatic imine (C=N–C) groups is 1. The molecule has 2 aromatic rings. The lowest BCUT2D eigenvalue weighted by Gasteiger charge is -2.14. The lowest BCUT2D eigenvalue weighted by molar-refractivity contribution is -0.137. The lowest BCUT2D eigenvalue weighted by atomic mass is 10.1. The molecule has 0 saturated carbocycles. The maximum Gasteiger partial charge on any atom is 0.416 e. The van der Waals surface area contributed by atoms with E-state index in [9.17, 15) is 18.0 Å². The van der Waals surface area contributed by atoms with Crippen molar-refractivity contribution in [1.82, 2.24) is 10.6 Å². The van der Waals surface area contributed by atoms with Gasteiger partial charge in [-0.2, -0.15) is 13.2 Å². The molecule has 0 radical (unpaired) electrons. The van der Waals surface area contributed by atoms with Gasteiger partial charge < -0.3 is 20.7 Å². The van der Waals surface area contributed by atoms with Crippen LogP contribution in [0.25, 0.3) is 0 Å². The van der Waals surface area contributed by atoms with Crippen LogP contribution in [0, 0.1) is 0 Å². The van der Waals surface area contributed by atoms with E-state index in [2.05, 4.69) is 20.9 Å². The van der Waals surface area contributed by atoms with Crippen LogP contribution in [0.4, 0.5) is 18.9 Å². The number of carbonyl (C=O) groups is 1. The zero-order valence-electron chi connectivity index (χ0n) is 16.8. The Labute approximate surface area is 190 Å². The first-order valence-electron chi connectivity index (χ1n) is 8.78. The average Bonchev–Trinajstić information content (AvgIpc) is 2.67. The van der Waals surface area contributed by atoms with Crippen LogP contribution < -0.4 is 20.7 Å². The fourth-order valence-corrected chi connectivity index (χ4v) is 2.56. The number of halogens is 4. The maximum atomic E-state index is 12.6. The van der Waals surface area contributed by atoms with Crippen molar-refractivity contribution < 1.29 is 22.7 Å². The lowest BCUT2D eigenvalue weighted by Crippen LogP contribution is -2.36. The van der Waals surface area contributed by atoms with Gasteiger partial charge in [-0.15, -0.1) is 24.0 Å². The monoisotopic (exact) mass is 536 g/mol. The Morgan fingerprint density at radius 1 is 1.03 bits per heavy atom. The van der Waals surface area contributed by atoms with Gasteiger partial charge in [-0.3, -0.25) is 9.79 Å². The molecule has 2 rings (SSSR count). The van der Waals surface area contributed by atoms with Crippen LogP contribution >= 0.6 is 24.0 Å². The minimum atomic E-state index is -4.35. The minimum absolute atomic E-state index is 0. The molecule has 30 heavy (non-hydrogen) atoms. The summed E-state index contributed by atoms with van der Waals surface area (Å²) in [6, 6.07) is 10.3. The highest BCUT2D eigenvalue weighted by Crippen LogP contribution is 2.29. The number of ether oxygens (including phenoxy) is 1. The number of hydrogen-bond donors (Lipinski definition) is 3. The van der Waals surface area contributed by atoms with E-state index in [0.717, 1.165) is 17.7 Å². The topological polar surface area (TPSA) is 74.8 Å². The van der Waals surface area contributed by atoms with Crippen molar-refractivity contribution >= 4 is 41.5 Å².